The number of hydrogen-bond donors (Lipinski definition) is 2. The average Bonchev–Trinajstić information content (AvgIpc) is 2.81. The molecule has 18 heavy (non-hydrogen) atoms. The summed E-state index contributed by atoms with van der Waals surface area (Å²) < 4.78 is 27.7. The molecule has 2 aromatic heterocycles. The van der Waals surface area contributed by atoms with E-state index in [1.807, 2.05) is 6.07 Å². The van der Waals surface area contributed by atoms with Crippen molar-refractivity contribution in [1.29, 1.82) is 0 Å². The van der Waals surface area contributed by atoms with Crippen LogP contribution in [0.2, 0.25) is 4.34 Å². The summed E-state index contributed by atoms with van der Waals surface area (Å²) >= 11 is 8.28. The van der Waals surface area contributed by atoms with E-state index in [9.17, 15) is 8.42 Å². The van der Waals surface area contributed by atoms with Crippen molar-refractivity contribution in [3.05, 3.63) is 21.3 Å². The summed E-state index contributed by atoms with van der Waals surface area (Å²) in [5.41, 5.74) is 5.56. The first kappa shape index (κ1) is 13.6. The molecule has 0 aliphatic rings. The molecule has 0 atom stereocenters. The molecule has 2 heterocycles. The molecule has 0 aromatic carbocycles. The lowest BCUT2D eigenvalue weighted by Gasteiger charge is -2.04. The van der Waals surface area contributed by atoms with Crippen LogP contribution in [0.15, 0.2) is 17.0 Å². The van der Waals surface area contributed by atoms with Crippen molar-refractivity contribution in [3.8, 4) is 0 Å². The lowest BCUT2D eigenvalue weighted by Crippen LogP contribution is -2.05. The van der Waals surface area contributed by atoms with Crippen molar-refractivity contribution in [3.63, 3.8) is 0 Å². The van der Waals surface area contributed by atoms with Crippen molar-refractivity contribution < 1.29 is 8.42 Å². The fraction of sp³-hybridized carbons (Fsp3) is 0.222. The van der Waals surface area contributed by atoms with E-state index in [-0.39, 0.29) is 10.7 Å². The second kappa shape index (κ2) is 5.04. The monoisotopic (exact) mass is 323 g/mol. The molecule has 0 saturated carbocycles. The van der Waals surface area contributed by atoms with Gasteiger partial charge in [0.25, 0.3) is 0 Å². The largest absolute Gasteiger partial charge is 0.382 e. The molecule has 0 unspecified atom stereocenters. The van der Waals surface area contributed by atoms with Crippen LogP contribution in [0.5, 0.6) is 0 Å². The number of anilines is 2. The zero-order valence-corrected chi connectivity index (χ0v) is 12.5. The molecule has 0 spiro atoms. The van der Waals surface area contributed by atoms with Crippen molar-refractivity contribution in [2.24, 2.45) is 0 Å². The van der Waals surface area contributed by atoms with E-state index in [0.717, 1.165) is 22.7 Å². The number of nitrogens with two attached hydrogens (primary N) is 1. The molecule has 0 saturated heterocycles. The van der Waals surface area contributed by atoms with Gasteiger partial charge in [0.2, 0.25) is 0 Å². The standard InChI is InChI=1S/C9H10ClN3O2S3/c1-18(14,15)7-8(11)13-17-9(7)12-4-5-2-3-6(10)16-5/h2-3,12H,4H2,1H3,(H2,11,13). The zero-order chi connectivity index (χ0) is 13.3. The van der Waals surface area contributed by atoms with E-state index in [0.29, 0.717) is 15.9 Å². The van der Waals surface area contributed by atoms with Crippen LogP contribution in [0.4, 0.5) is 10.8 Å². The van der Waals surface area contributed by atoms with E-state index in [1.165, 1.54) is 11.3 Å². The molecule has 2 rings (SSSR count). The summed E-state index contributed by atoms with van der Waals surface area (Å²) in [5, 5.41) is 3.48. The molecule has 3 N–H and O–H groups in total. The Morgan fingerprint density at radius 2 is 2.22 bits per heavy atom. The fourth-order valence-corrected chi connectivity index (χ4v) is 4.47. The molecule has 0 aliphatic heterocycles. The number of nitrogens with zero attached hydrogens (tertiary/aromatic N) is 1. The topological polar surface area (TPSA) is 85.1 Å². The Labute approximate surface area is 118 Å². The Bertz CT molecular complexity index is 662. The van der Waals surface area contributed by atoms with Crippen LogP contribution in [0, 0.1) is 0 Å². The predicted octanol–water partition coefficient (Wildman–Crippen LogP) is 2.46. The van der Waals surface area contributed by atoms with Crippen molar-refractivity contribution >= 4 is 55.1 Å². The number of rotatable bonds is 4. The van der Waals surface area contributed by atoms with Crippen LogP contribution >= 0.6 is 34.5 Å². The molecule has 98 valence electrons. The Hall–Kier alpha value is -0.830. The smallest absolute Gasteiger partial charge is 0.182 e. The number of thiophene rings is 1. The van der Waals surface area contributed by atoms with Crippen LogP contribution < -0.4 is 11.1 Å². The summed E-state index contributed by atoms with van der Waals surface area (Å²) in [5.74, 6) is 0.0363. The van der Waals surface area contributed by atoms with Gasteiger partial charge in [-0.3, -0.25) is 0 Å². The number of sulfone groups is 1. The SMILES string of the molecule is CS(=O)(=O)c1c(N)nsc1NCc1ccc(Cl)s1. The maximum absolute atomic E-state index is 11.6. The number of nitrogen functional groups attached to an aromatic ring is 1. The second-order valence-corrected chi connectivity index (χ2v) is 8.08. The Morgan fingerprint density at radius 3 is 2.78 bits per heavy atom. The first-order valence-electron chi connectivity index (χ1n) is 4.81. The van der Waals surface area contributed by atoms with Gasteiger partial charge in [-0.1, -0.05) is 11.6 Å². The first-order chi connectivity index (χ1) is 8.38. The van der Waals surface area contributed by atoms with Crippen molar-refractivity contribution in [1.82, 2.24) is 4.37 Å². The van der Waals surface area contributed by atoms with Crippen LogP contribution in [0.3, 0.4) is 0 Å². The molecular formula is C9H10ClN3O2S3. The van der Waals surface area contributed by atoms with E-state index >= 15 is 0 Å². The summed E-state index contributed by atoms with van der Waals surface area (Å²) in [6.07, 6.45) is 1.11. The highest BCUT2D eigenvalue weighted by atomic mass is 35.5. The van der Waals surface area contributed by atoms with Gasteiger partial charge in [-0.25, -0.2) is 8.42 Å². The van der Waals surface area contributed by atoms with Gasteiger partial charge in [-0.05, 0) is 23.7 Å². The molecular weight excluding hydrogens is 314 g/mol. The maximum Gasteiger partial charge on any atom is 0.182 e. The minimum Gasteiger partial charge on any atom is -0.382 e. The van der Waals surface area contributed by atoms with Crippen molar-refractivity contribution in [2.75, 3.05) is 17.3 Å². The molecule has 0 amide bonds. The third-order valence-electron chi connectivity index (χ3n) is 2.10. The molecule has 0 bridgehead atoms. The highest BCUT2D eigenvalue weighted by Gasteiger charge is 2.21. The minimum absolute atomic E-state index is 0.0363. The quantitative estimate of drug-likeness (QED) is 0.902. The van der Waals surface area contributed by atoms with Gasteiger partial charge in [0, 0.05) is 11.1 Å². The second-order valence-electron chi connectivity index (χ2n) is 3.56. The highest BCUT2D eigenvalue weighted by Crippen LogP contribution is 2.32. The molecule has 0 radical (unpaired) electrons. The predicted molar refractivity (Wildman–Crippen MR) is 76.3 cm³/mol. The van der Waals surface area contributed by atoms with Gasteiger partial charge < -0.3 is 11.1 Å². The van der Waals surface area contributed by atoms with E-state index in [1.54, 1.807) is 6.07 Å². The van der Waals surface area contributed by atoms with Crippen LogP contribution in [-0.4, -0.2) is 19.0 Å². The summed E-state index contributed by atoms with van der Waals surface area (Å²) in [6.45, 7) is 0.488. The fourth-order valence-electron chi connectivity index (χ4n) is 1.38. The highest BCUT2D eigenvalue weighted by molar-refractivity contribution is 7.91. The molecule has 2 aromatic rings. The van der Waals surface area contributed by atoms with E-state index in [4.69, 9.17) is 17.3 Å². The third kappa shape index (κ3) is 2.94. The normalized spacial score (nSPS) is 11.7. The van der Waals surface area contributed by atoms with Gasteiger partial charge in [0.05, 0.1) is 10.9 Å². The van der Waals surface area contributed by atoms with Gasteiger partial charge in [-0.15, -0.1) is 11.3 Å². The van der Waals surface area contributed by atoms with Crippen LogP contribution in [0.25, 0.3) is 0 Å². The maximum atomic E-state index is 11.6. The number of hydrogen-bond acceptors (Lipinski definition) is 7. The molecule has 9 heteroatoms. The average molecular weight is 324 g/mol. The minimum atomic E-state index is -3.38. The van der Waals surface area contributed by atoms with E-state index < -0.39 is 9.84 Å². The lowest BCUT2D eigenvalue weighted by molar-refractivity contribution is 0.602. The molecule has 0 fully saturated rings. The Balaban J connectivity index is 2.20. The Morgan fingerprint density at radius 1 is 1.50 bits per heavy atom. The van der Waals surface area contributed by atoms with Crippen molar-refractivity contribution in [2.45, 2.75) is 11.4 Å². The zero-order valence-electron chi connectivity index (χ0n) is 9.31. The molecule has 5 nitrogen and oxygen atoms in total. The molecule has 0 aliphatic carbocycles. The Kier molecular flexibility index (Phi) is 3.81. The van der Waals surface area contributed by atoms with E-state index in [2.05, 4.69) is 9.69 Å². The number of aromatic nitrogens is 1. The number of halogens is 1. The first-order valence-corrected chi connectivity index (χ1v) is 8.67. The van der Waals surface area contributed by atoms with Crippen LogP contribution in [-0.2, 0) is 16.4 Å². The van der Waals surface area contributed by atoms with Crippen LogP contribution in [0.1, 0.15) is 4.88 Å². The van der Waals surface area contributed by atoms with Gasteiger partial charge in [0.1, 0.15) is 9.90 Å². The third-order valence-corrected chi connectivity index (χ3v) is 5.43. The van der Waals surface area contributed by atoms with Gasteiger partial charge >= 0.3 is 0 Å². The number of nitrogens with one attached hydrogen (secondary N) is 1. The summed E-state index contributed by atoms with van der Waals surface area (Å²) in [6, 6.07) is 3.67. The summed E-state index contributed by atoms with van der Waals surface area (Å²) in [4.78, 5) is 1.07. The van der Waals surface area contributed by atoms with Gasteiger partial charge in [0.15, 0.2) is 15.7 Å². The summed E-state index contributed by atoms with van der Waals surface area (Å²) in [7, 11) is -3.38. The lowest BCUT2D eigenvalue weighted by atomic mass is 10.4. The van der Waals surface area contributed by atoms with Gasteiger partial charge in [-0.2, -0.15) is 4.37 Å².